The summed E-state index contributed by atoms with van der Waals surface area (Å²) in [6.07, 6.45) is -0.254. The van der Waals surface area contributed by atoms with Gasteiger partial charge in [-0.15, -0.1) is 0 Å². The molecule has 1 N–H and O–H groups in total. The van der Waals surface area contributed by atoms with E-state index in [9.17, 15) is 4.79 Å². The molecule has 1 aliphatic heterocycles. The van der Waals surface area contributed by atoms with Gasteiger partial charge >= 0.3 is 0 Å². The minimum atomic E-state index is -1.09. The molecule has 2 aromatic rings. The molecule has 6 nitrogen and oxygen atoms in total. The molecule has 0 aromatic heterocycles. The summed E-state index contributed by atoms with van der Waals surface area (Å²) >= 11 is 6.14. The molecular weight excluding hydrogens is 442 g/mol. The Morgan fingerprint density at radius 3 is 2.52 bits per heavy atom. The third-order valence-electron chi connectivity index (χ3n) is 6.24. The van der Waals surface area contributed by atoms with Crippen molar-refractivity contribution in [3.05, 3.63) is 70.2 Å². The van der Waals surface area contributed by atoms with Crippen molar-refractivity contribution in [1.29, 1.82) is 0 Å². The van der Waals surface area contributed by atoms with Gasteiger partial charge in [0.1, 0.15) is 6.10 Å². The Labute approximate surface area is 200 Å². The number of carbonyl (C=O) groups is 1. The number of carbonyl (C=O) groups excluding carboxylic acids is 1. The van der Waals surface area contributed by atoms with Crippen LogP contribution in [0.1, 0.15) is 43.4 Å². The third-order valence-corrected chi connectivity index (χ3v) is 6.48. The van der Waals surface area contributed by atoms with Gasteiger partial charge in [-0.3, -0.25) is 4.79 Å². The van der Waals surface area contributed by atoms with Gasteiger partial charge in [0.25, 0.3) is 5.91 Å². The van der Waals surface area contributed by atoms with Crippen LogP contribution in [0.4, 0.5) is 0 Å². The zero-order valence-corrected chi connectivity index (χ0v) is 20.4. The average Bonchev–Trinajstić information content (AvgIpc) is 3.09. The fraction of sp³-hybridized carbons (Fsp3) is 0.500. The monoisotopic (exact) mass is 473 g/mol. The van der Waals surface area contributed by atoms with Gasteiger partial charge in [0, 0.05) is 24.9 Å². The first-order valence-corrected chi connectivity index (χ1v) is 11.7. The molecule has 4 rings (SSSR count). The summed E-state index contributed by atoms with van der Waals surface area (Å²) in [6, 6.07) is 15.6. The van der Waals surface area contributed by atoms with Crippen LogP contribution in [0.25, 0.3) is 0 Å². The lowest BCUT2D eigenvalue weighted by atomic mass is 9.78. The van der Waals surface area contributed by atoms with E-state index in [2.05, 4.69) is 11.4 Å². The molecule has 0 radical (unpaired) electrons. The smallest absolute Gasteiger partial charge is 0.252 e. The highest BCUT2D eigenvalue weighted by atomic mass is 35.5. The second-order valence-electron chi connectivity index (χ2n) is 9.38. The quantitative estimate of drug-likeness (QED) is 0.639. The topological polar surface area (TPSA) is 66.0 Å². The Kier molecular flexibility index (Phi) is 7.12. The summed E-state index contributed by atoms with van der Waals surface area (Å²) in [7, 11) is 1.63. The SMILES string of the molecule is CNC(=O)[C@@]1(OCc2cccc(C)c2)CC(OCc2cccc(Cl)c2)[C@@H]2OC(C)(C)O[C@@H]2C1. The predicted octanol–water partition coefficient (Wildman–Crippen LogP) is 4.55. The Balaban J connectivity index is 1.58. The Morgan fingerprint density at radius 1 is 1.09 bits per heavy atom. The largest absolute Gasteiger partial charge is 0.371 e. The molecule has 2 fully saturated rings. The Hall–Kier alpha value is -1.96. The number of halogens is 1. The lowest BCUT2D eigenvalue weighted by Gasteiger charge is -2.43. The first kappa shape index (κ1) is 24.2. The molecule has 7 heteroatoms. The molecule has 2 aromatic carbocycles. The van der Waals surface area contributed by atoms with E-state index < -0.39 is 11.4 Å². The molecular formula is C26H32ClNO5. The van der Waals surface area contributed by atoms with E-state index in [0.29, 0.717) is 31.1 Å². The molecule has 1 aliphatic carbocycles. The lowest BCUT2D eigenvalue weighted by molar-refractivity contribution is -0.183. The highest BCUT2D eigenvalue weighted by Gasteiger charge is 2.57. The van der Waals surface area contributed by atoms with E-state index in [1.165, 1.54) is 0 Å². The lowest BCUT2D eigenvalue weighted by Crippen LogP contribution is -2.59. The van der Waals surface area contributed by atoms with Crippen LogP contribution < -0.4 is 5.32 Å². The number of aryl methyl sites for hydroxylation is 1. The van der Waals surface area contributed by atoms with Gasteiger partial charge in [0.15, 0.2) is 11.4 Å². The fourth-order valence-electron chi connectivity index (χ4n) is 4.79. The van der Waals surface area contributed by atoms with Crippen molar-refractivity contribution >= 4 is 17.5 Å². The van der Waals surface area contributed by atoms with Crippen molar-refractivity contribution in [2.45, 2.75) is 76.5 Å². The summed E-state index contributed by atoms with van der Waals surface area (Å²) in [5.41, 5.74) is 2.02. The minimum Gasteiger partial charge on any atom is -0.371 e. The molecule has 0 bridgehead atoms. The summed E-state index contributed by atoms with van der Waals surface area (Å²) in [4.78, 5) is 13.2. The number of likely N-dealkylation sites (N-methyl/N-ethyl adjacent to an activating group) is 1. The third kappa shape index (κ3) is 5.58. The fourth-order valence-corrected chi connectivity index (χ4v) is 5.00. The number of hydrogen-bond acceptors (Lipinski definition) is 5. The Bertz CT molecular complexity index is 996. The predicted molar refractivity (Wildman–Crippen MR) is 126 cm³/mol. The number of benzene rings is 2. The molecule has 1 saturated carbocycles. The van der Waals surface area contributed by atoms with Crippen molar-refractivity contribution in [1.82, 2.24) is 5.32 Å². The number of rotatable bonds is 7. The van der Waals surface area contributed by atoms with Gasteiger partial charge in [-0.25, -0.2) is 0 Å². The van der Waals surface area contributed by atoms with Crippen LogP contribution in [0.15, 0.2) is 48.5 Å². The van der Waals surface area contributed by atoms with Crippen LogP contribution >= 0.6 is 11.6 Å². The number of fused-ring (bicyclic) bond motifs is 1. The van der Waals surface area contributed by atoms with E-state index in [1.807, 2.05) is 63.2 Å². The second kappa shape index (κ2) is 9.72. The summed E-state index contributed by atoms with van der Waals surface area (Å²) < 4.78 is 25.1. The van der Waals surface area contributed by atoms with Gasteiger partial charge < -0.3 is 24.3 Å². The van der Waals surface area contributed by atoms with E-state index >= 15 is 0 Å². The molecule has 1 saturated heterocycles. The maximum atomic E-state index is 13.2. The normalized spacial score (nSPS) is 28.3. The van der Waals surface area contributed by atoms with E-state index in [-0.39, 0.29) is 24.2 Å². The molecule has 1 amide bonds. The number of nitrogens with one attached hydrogen (secondary N) is 1. The van der Waals surface area contributed by atoms with Crippen molar-refractivity contribution in [3.63, 3.8) is 0 Å². The highest BCUT2D eigenvalue weighted by molar-refractivity contribution is 6.30. The van der Waals surface area contributed by atoms with E-state index in [1.54, 1.807) is 7.05 Å². The zero-order chi connectivity index (χ0) is 23.6. The van der Waals surface area contributed by atoms with Crippen molar-refractivity contribution < 1.29 is 23.7 Å². The zero-order valence-electron chi connectivity index (χ0n) is 19.6. The molecule has 4 atom stereocenters. The van der Waals surface area contributed by atoms with Crippen molar-refractivity contribution in [3.8, 4) is 0 Å². The number of ether oxygens (including phenoxy) is 4. The number of hydrogen-bond donors (Lipinski definition) is 1. The van der Waals surface area contributed by atoms with Crippen LogP contribution in [0.2, 0.25) is 5.02 Å². The average molecular weight is 474 g/mol. The standard InChI is InChI=1S/C26H32ClNO5/c1-17-7-5-8-18(11-17)16-31-26(24(29)28-4)13-21(23-22(14-26)32-25(2,3)33-23)30-15-19-9-6-10-20(27)12-19/h5-12,21-23H,13-16H2,1-4H3,(H,28,29)/t21?,22-,23+,26-/m1/s1. The Morgan fingerprint density at radius 2 is 1.82 bits per heavy atom. The summed E-state index contributed by atoms with van der Waals surface area (Å²) in [6.45, 7) is 6.47. The van der Waals surface area contributed by atoms with Crippen molar-refractivity contribution in [2.75, 3.05) is 7.05 Å². The molecule has 1 heterocycles. The van der Waals surface area contributed by atoms with Gasteiger partial charge in [-0.2, -0.15) is 0 Å². The van der Waals surface area contributed by atoms with Gasteiger partial charge in [0.05, 0.1) is 25.4 Å². The van der Waals surface area contributed by atoms with Gasteiger partial charge in [-0.05, 0) is 44.0 Å². The van der Waals surface area contributed by atoms with Crippen molar-refractivity contribution in [2.24, 2.45) is 0 Å². The first-order chi connectivity index (χ1) is 15.7. The molecule has 33 heavy (non-hydrogen) atoms. The minimum absolute atomic E-state index is 0.182. The molecule has 0 spiro atoms. The maximum absolute atomic E-state index is 13.2. The van der Waals surface area contributed by atoms with Crippen LogP contribution in [0.3, 0.4) is 0 Å². The molecule has 1 unspecified atom stereocenters. The van der Waals surface area contributed by atoms with E-state index in [4.69, 9.17) is 30.5 Å². The second-order valence-corrected chi connectivity index (χ2v) is 9.81. The van der Waals surface area contributed by atoms with Crippen LogP contribution in [0, 0.1) is 6.92 Å². The van der Waals surface area contributed by atoms with Gasteiger partial charge in [-0.1, -0.05) is 53.6 Å². The summed E-state index contributed by atoms with van der Waals surface area (Å²) in [5.74, 6) is -0.944. The van der Waals surface area contributed by atoms with Gasteiger partial charge in [0.2, 0.25) is 0 Å². The summed E-state index contributed by atoms with van der Waals surface area (Å²) in [5, 5.41) is 3.45. The maximum Gasteiger partial charge on any atom is 0.252 e. The first-order valence-electron chi connectivity index (χ1n) is 11.3. The number of amides is 1. The molecule has 2 aliphatic rings. The highest BCUT2D eigenvalue weighted by Crippen LogP contribution is 2.44. The van der Waals surface area contributed by atoms with Crippen LogP contribution in [0.5, 0.6) is 0 Å². The van der Waals surface area contributed by atoms with Crippen LogP contribution in [-0.4, -0.2) is 42.7 Å². The van der Waals surface area contributed by atoms with Crippen LogP contribution in [-0.2, 0) is 37.0 Å². The van der Waals surface area contributed by atoms with E-state index in [0.717, 1.165) is 16.7 Å². The molecule has 178 valence electrons.